The van der Waals surface area contributed by atoms with Crippen molar-refractivity contribution in [2.24, 2.45) is 0 Å². The van der Waals surface area contributed by atoms with Crippen LogP contribution in [-0.4, -0.2) is 9.91 Å². The molecule has 1 aromatic heterocycles. The van der Waals surface area contributed by atoms with Gasteiger partial charge in [0.15, 0.2) is 11.6 Å². The van der Waals surface area contributed by atoms with Crippen molar-refractivity contribution >= 4 is 27.4 Å². The van der Waals surface area contributed by atoms with E-state index in [1.54, 1.807) is 24.3 Å². The molecule has 6 nitrogen and oxygen atoms in total. The van der Waals surface area contributed by atoms with Crippen LogP contribution in [0.1, 0.15) is 11.3 Å². The second kappa shape index (κ2) is 6.33. The number of nitrogens with zero attached hydrogens (tertiary/aromatic N) is 2. The van der Waals surface area contributed by atoms with E-state index < -0.39 is 4.92 Å². The highest BCUT2D eigenvalue weighted by atomic mass is 79.9. The van der Waals surface area contributed by atoms with Crippen LogP contribution in [0.3, 0.4) is 0 Å². The van der Waals surface area contributed by atoms with Crippen LogP contribution in [0.2, 0.25) is 0 Å². The van der Waals surface area contributed by atoms with Crippen LogP contribution in [0, 0.1) is 10.1 Å². The SMILES string of the molecule is Nc1nc(CBr)ccc1OCc1cccc([N+](=O)[O-])c1. The van der Waals surface area contributed by atoms with Gasteiger partial charge in [-0.25, -0.2) is 4.98 Å². The van der Waals surface area contributed by atoms with Gasteiger partial charge in [-0.3, -0.25) is 10.1 Å². The van der Waals surface area contributed by atoms with Crippen molar-refractivity contribution in [1.29, 1.82) is 0 Å². The summed E-state index contributed by atoms with van der Waals surface area (Å²) in [5, 5.41) is 11.3. The third kappa shape index (κ3) is 3.45. The average Bonchev–Trinajstić information content (AvgIpc) is 2.46. The summed E-state index contributed by atoms with van der Waals surface area (Å²) >= 11 is 3.29. The monoisotopic (exact) mass is 337 g/mol. The lowest BCUT2D eigenvalue weighted by Gasteiger charge is -2.09. The lowest BCUT2D eigenvalue weighted by Crippen LogP contribution is -2.02. The molecule has 0 fully saturated rings. The molecule has 104 valence electrons. The van der Waals surface area contributed by atoms with Crippen molar-refractivity contribution in [3.05, 3.63) is 57.8 Å². The van der Waals surface area contributed by atoms with E-state index in [-0.39, 0.29) is 12.3 Å². The summed E-state index contributed by atoms with van der Waals surface area (Å²) in [4.78, 5) is 14.4. The minimum atomic E-state index is -0.440. The number of nitro benzene ring substituents is 1. The van der Waals surface area contributed by atoms with Crippen LogP contribution in [-0.2, 0) is 11.9 Å². The summed E-state index contributed by atoms with van der Waals surface area (Å²) in [5.41, 5.74) is 7.32. The zero-order chi connectivity index (χ0) is 14.5. The van der Waals surface area contributed by atoms with Gasteiger partial charge < -0.3 is 10.5 Å². The summed E-state index contributed by atoms with van der Waals surface area (Å²) in [5.74, 6) is 0.758. The first kappa shape index (κ1) is 14.3. The maximum absolute atomic E-state index is 10.7. The highest BCUT2D eigenvalue weighted by Crippen LogP contribution is 2.22. The van der Waals surface area contributed by atoms with E-state index >= 15 is 0 Å². The quantitative estimate of drug-likeness (QED) is 0.514. The number of ether oxygens (including phenoxy) is 1. The standard InChI is InChI=1S/C13H12BrN3O3/c14-7-10-4-5-12(13(15)16-10)20-8-9-2-1-3-11(6-9)17(18)19/h1-6H,7-8H2,(H2,15,16). The lowest BCUT2D eigenvalue weighted by molar-refractivity contribution is -0.384. The Bertz CT molecular complexity index is 634. The van der Waals surface area contributed by atoms with Crippen LogP contribution in [0.15, 0.2) is 36.4 Å². The van der Waals surface area contributed by atoms with Crippen LogP contribution in [0.4, 0.5) is 11.5 Å². The molecule has 0 spiro atoms. The first-order valence-corrected chi connectivity index (χ1v) is 6.90. The van der Waals surface area contributed by atoms with Gasteiger partial charge in [-0.05, 0) is 17.7 Å². The Morgan fingerprint density at radius 1 is 1.35 bits per heavy atom. The summed E-state index contributed by atoms with van der Waals surface area (Å²) in [7, 11) is 0. The van der Waals surface area contributed by atoms with E-state index in [1.807, 2.05) is 0 Å². The molecule has 2 N–H and O–H groups in total. The number of aromatic nitrogens is 1. The highest BCUT2D eigenvalue weighted by Gasteiger charge is 2.07. The van der Waals surface area contributed by atoms with Gasteiger partial charge in [0.25, 0.3) is 5.69 Å². The number of anilines is 1. The number of nitro groups is 1. The van der Waals surface area contributed by atoms with E-state index in [0.717, 1.165) is 5.69 Å². The van der Waals surface area contributed by atoms with Gasteiger partial charge in [-0.2, -0.15) is 0 Å². The van der Waals surface area contributed by atoms with E-state index in [4.69, 9.17) is 10.5 Å². The van der Waals surface area contributed by atoms with Crippen molar-refractivity contribution in [1.82, 2.24) is 4.98 Å². The Labute approximate surface area is 123 Å². The molecule has 0 saturated heterocycles. The number of nitrogen functional groups attached to an aromatic ring is 1. The van der Waals surface area contributed by atoms with Crippen molar-refractivity contribution in [2.75, 3.05) is 5.73 Å². The summed E-state index contributed by atoms with van der Waals surface area (Å²) in [6.45, 7) is 0.196. The Morgan fingerprint density at radius 2 is 2.15 bits per heavy atom. The van der Waals surface area contributed by atoms with Crippen LogP contribution < -0.4 is 10.5 Å². The zero-order valence-electron chi connectivity index (χ0n) is 10.5. The molecular weight excluding hydrogens is 326 g/mol. The third-order valence-electron chi connectivity index (χ3n) is 2.60. The molecule has 1 heterocycles. The molecule has 0 aliphatic heterocycles. The van der Waals surface area contributed by atoms with Crippen LogP contribution >= 0.6 is 15.9 Å². The molecule has 0 saturated carbocycles. The zero-order valence-corrected chi connectivity index (χ0v) is 12.0. The minimum absolute atomic E-state index is 0.0341. The predicted octanol–water partition coefficient (Wildman–Crippen LogP) is 3.05. The van der Waals surface area contributed by atoms with E-state index in [9.17, 15) is 10.1 Å². The fourth-order valence-electron chi connectivity index (χ4n) is 1.62. The first-order valence-electron chi connectivity index (χ1n) is 5.77. The van der Waals surface area contributed by atoms with Crippen molar-refractivity contribution in [2.45, 2.75) is 11.9 Å². The molecule has 0 radical (unpaired) electrons. The Balaban J connectivity index is 2.09. The molecule has 7 heteroatoms. The van der Waals surface area contributed by atoms with Gasteiger partial charge in [-0.15, -0.1) is 0 Å². The van der Waals surface area contributed by atoms with Crippen molar-refractivity contribution < 1.29 is 9.66 Å². The maximum Gasteiger partial charge on any atom is 0.269 e. The van der Waals surface area contributed by atoms with Crippen LogP contribution in [0.25, 0.3) is 0 Å². The average molecular weight is 338 g/mol. The Kier molecular flexibility index (Phi) is 4.52. The van der Waals surface area contributed by atoms with Gasteiger partial charge in [0.05, 0.1) is 10.6 Å². The number of alkyl halides is 1. The normalized spacial score (nSPS) is 10.2. The molecule has 2 aromatic rings. The van der Waals surface area contributed by atoms with E-state index in [2.05, 4.69) is 20.9 Å². The number of rotatable bonds is 5. The van der Waals surface area contributed by atoms with Crippen molar-refractivity contribution in [3.8, 4) is 5.75 Å². The molecule has 0 unspecified atom stereocenters. The molecule has 0 aliphatic rings. The topological polar surface area (TPSA) is 91.3 Å². The lowest BCUT2D eigenvalue weighted by atomic mass is 10.2. The largest absolute Gasteiger partial charge is 0.485 e. The van der Waals surface area contributed by atoms with Gasteiger partial charge in [0, 0.05) is 17.5 Å². The smallest absolute Gasteiger partial charge is 0.269 e. The van der Waals surface area contributed by atoms with Gasteiger partial charge in [0.1, 0.15) is 6.61 Å². The maximum atomic E-state index is 10.7. The Hall–Kier alpha value is -2.15. The second-order valence-corrected chi connectivity index (χ2v) is 4.60. The molecule has 20 heavy (non-hydrogen) atoms. The number of nitrogens with two attached hydrogens (primary N) is 1. The number of benzene rings is 1. The number of hydrogen-bond acceptors (Lipinski definition) is 5. The Morgan fingerprint density at radius 3 is 2.80 bits per heavy atom. The summed E-state index contributed by atoms with van der Waals surface area (Å²) in [6.07, 6.45) is 0. The molecule has 0 aliphatic carbocycles. The van der Waals surface area contributed by atoms with Gasteiger partial charge in [0.2, 0.25) is 0 Å². The van der Waals surface area contributed by atoms with Gasteiger partial charge in [-0.1, -0.05) is 28.1 Å². The number of non-ortho nitro benzene ring substituents is 1. The number of halogens is 1. The molecular formula is C13H12BrN3O3. The molecule has 0 amide bonds. The van der Waals surface area contributed by atoms with Crippen LogP contribution in [0.5, 0.6) is 5.75 Å². The molecule has 1 aromatic carbocycles. The fraction of sp³-hybridized carbons (Fsp3) is 0.154. The van der Waals surface area contributed by atoms with E-state index in [0.29, 0.717) is 22.5 Å². The predicted molar refractivity (Wildman–Crippen MR) is 78.7 cm³/mol. The summed E-state index contributed by atoms with van der Waals surface area (Å²) < 4.78 is 5.53. The molecule has 0 bridgehead atoms. The fourth-order valence-corrected chi connectivity index (χ4v) is 1.93. The highest BCUT2D eigenvalue weighted by molar-refractivity contribution is 9.08. The molecule has 0 atom stereocenters. The molecule has 2 rings (SSSR count). The van der Waals surface area contributed by atoms with Gasteiger partial charge >= 0.3 is 0 Å². The van der Waals surface area contributed by atoms with E-state index in [1.165, 1.54) is 12.1 Å². The second-order valence-electron chi connectivity index (χ2n) is 4.04. The first-order chi connectivity index (χ1) is 9.60. The number of pyridine rings is 1. The summed E-state index contributed by atoms with van der Waals surface area (Å²) in [6, 6.07) is 9.81. The minimum Gasteiger partial charge on any atom is -0.485 e. The van der Waals surface area contributed by atoms with Crippen molar-refractivity contribution in [3.63, 3.8) is 0 Å². The number of hydrogen-bond donors (Lipinski definition) is 1. The third-order valence-corrected chi connectivity index (χ3v) is 3.17.